The maximum Gasteiger partial charge on any atom is 0.387 e. The summed E-state index contributed by atoms with van der Waals surface area (Å²) in [4.78, 5) is -0.449. The quantitative estimate of drug-likeness (QED) is 0.883. The molecule has 0 aliphatic rings. The van der Waals surface area contributed by atoms with Crippen LogP contribution >= 0.6 is 0 Å². The number of alkyl halides is 2. The van der Waals surface area contributed by atoms with E-state index in [-0.39, 0.29) is 16.9 Å². The van der Waals surface area contributed by atoms with E-state index in [0.29, 0.717) is 0 Å². The van der Waals surface area contributed by atoms with Crippen LogP contribution in [0.3, 0.4) is 0 Å². The van der Waals surface area contributed by atoms with Gasteiger partial charge in [-0.1, -0.05) is 0 Å². The first kappa shape index (κ1) is 13.3. The monoisotopic (exact) mass is 262 g/mol. The molecule has 0 amide bonds. The highest BCUT2D eigenvalue weighted by Gasteiger charge is 2.17. The molecule has 2 N–H and O–H groups in total. The number of ether oxygens (including phenoxy) is 1. The molecule has 0 aliphatic carbocycles. The third-order valence-electron chi connectivity index (χ3n) is 2.00. The lowest BCUT2D eigenvalue weighted by molar-refractivity contribution is -0.0504. The second-order valence-electron chi connectivity index (χ2n) is 3.13. The first-order valence-corrected chi connectivity index (χ1v) is 5.82. The normalized spacial score (nSPS) is 11.3. The fraction of sp³-hybridized carbons (Fsp3) is 0.222. The molecule has 0 saturated carbocycles. The van der Waals surface area contributed by atoms with E-state index >= 15 is 0 Å². The highest BCUT2D eigenvalue weighted by atomic mass is 32.2. The molecule has 0 unspecified atom stereocenters. The second-order valence-corrected chi connectivity index (χ2v) is 4.69. The van der Waals surface area contributed by atoms with Crippen LogP contribution in [-0.4, -0.2) is 15.0 Å². The zero-order valence-electron chi connectivity index (χ0n) is 8.65. The highest BCUT2D eigenvalue weighted by molar-refractivity contribution is 7.89. The van der Waals surface area contributed by atoms with E-state index in [0.717, 1.165) is 12.1 Å². The molecule has 0 atom stereocenters. The van der Waals surface area contributed by atoms with E-state index in [1.54, 1.807) is 6.07 Å². The van der Waals surface area contributed by atoms with Gasteiger partial charge < -0.3 is 4.74 Å². The number of sulfonamides is 1. The molecule has 1 aromatic rings. The number of nitrogens with zero attached hydrogens (tertiary/aromatic N) is 1. The summed E-state index contributed by atoms with van der Waals surface area (Å²) in [5, 5.41) is 13.6. The van der Waals surface area contributed by atoms with Gasteiger partial charge >= 0.3 is 6.61 Å². The van der Waals surface area contributed by atoms with E-state index in [1.165, 1.54) is 6.92 Å². The maximum atomic E-state index is 12.1. The van der Waals surface area contributed by atoms with Gasteiger partial charge in [0, 0.05) is 11.6 Å². The van der Waals surface area contributed by atoms with Gasteiger partial charge in [0.05, 0.1) is 16.5 Å². The first-order valence-electron chi connectivity index (χ1n) is 4.28. The Hall–Kier alpha value is -1.72. The molecule has 8 heteroatoms. The Balaban J connectivity index is 3.46. The van der Waals surface area contributed by atoms with Gasteiger partial charge in [0.1, 0.15) is 5.75 Å². The van der Waals surface area contributed by atoms with Gasteiger partial charge in [-0.2, -0.15) is 14.0 Å². The molecule has 0 fully saturated rings. The molecule has 0 aliphatic heterocycles. The van der Waals surface area contributed by atoms with Gasteiger partial charge in [0.15, 0.2) is 0 Å². The molecule has 0 heterocycles. The number of halogens is 2. The number of hydrogen-bond acceptors (Lipinski definition) is 4. The molecule has 17 heavy (non-hydrogen) atoms. The molecule has 1 aromatic carbocycles. The second kappa shape index (κ2) is 4.65. The minimum atomic E-state index is -4.09. The van der Waals surface area contributed by atoms with E-state index in [2.05, 4.69) is 4.74 Å². The van der Waals surface area contributed by atoms with Crippen LogP contribution < -0.4 is 9.88 Å². The van der Waals surface area contributed by atoms with E-state index in [4.69, 9.17) is 10.4 Å². The van der Waals surface area contributed by atoms with E-state index in [1.807, 2.05) is 0 Å². The summed E-state index contributed by atoms with van der Waals surface area (Å²) in [6.45, 7) is -1.75. The first-order chi connectivity index (χ1) is 7.75. The lowest BCUT2D eigenvalue weighted by atomic mass is 10.1. The SMILES string of the molecule is Cc1c(C#N)cc(S(N)(=O)=O)cc1OC(F)F. The van der Waals surface area contributed by atoms with Crippen molar-refractivity contribution in [3.05, 3.63) is 23.3 Å². The van der Waals surface area contributed by atoms with Crippen LogP contribution in [0.5, 0.6) is 5.75 Å². The Morgan fingerprint density at radius 2 is 2.06 bits per heavy atom. The lowest BCUT2D eigenvalue weighted by Gasteiger charge is -2.10. The molecule has 0 aromatic heterocycles. The van der Waals surface area contributed by atoms with Gasteiger partial charge in [-0.25, -0.2) is 13.6 Å². The van der Waals surface area contributed by atoms with Gasteiger partial charge in [-0.05, 0) is 13.0 Å². The number of hydrogen-bond donors (Lipinski definition) is 1. The largest absolute Gasteiger partial charge is 0.434 e. The smallest absolute Gasteiger partial charge is 0.387 e. The van der Waals surface area contributed by atoms with Crippen LogP contribution in [0.25, 0.3) is 0 Å². The van der Waals surface area contributed by atoms with Crippen LogP contribution in [0, 0.1) is 18.3 Å². The molecule has 1 rings (SSSR count). The van der Waals surface area contributed by atoms with Crippen molar-refractivity contribution >= 4 is 10.0 Å². The summed E-state index contributed by atoms with van der Waals surface area (Å²) >= 11 is 0. The van der Waals surface area contributed by atoms with Gasteiger partial charge in [0.2, 0.25) is 10.0 Å². The summed E-state index contributed by atoms with van der Waals surface area (Å²) in [6, 6.07) is 3.54. The Morgan fingerprint density at radius 3 is 2.47 bits per heavy atom. The van der Waals surface area contributed by atoms with Crippen molar-refractivity contribution in [2.24, 2.45) is 5.14 Å². The van der Waals surface area contributed by atoms with Crippen LogP contribution in [-0.2, 0) is 10.0 Å². The van der Waals surface area contributed by atoms with Crippen molar-refractivity contribution in [3.8, 4) is 11.8 Å². The Kier molecular flexibility index (Phi) is 3.65. The number of benzene rings is 1. The van der Waals surface area contributed by atoms with Crippen molar-refractivity contribution < 1.29 is 21.9 Å². The topological polar surface area (TPSA) is 93.2 Å². The predicted octanol–water partition coefficient (Wildman–Crippen LogP) is 1.12. The Labute approximate surface area is 96.5 Å². The summed E-state index contributed by atoms with van der Waals surface area (Å²) in [5.41, 5.74) is 0.0346. The standard InChI is InChI=1S/C9H8F2N2O3S/c1-5-6(4-12)2-7(17(13,14)15)3-8(5)16-9(10)11/h2-3,9H,1H3,(H2,13,14,15). The van der Waals surface area contributed by atoms with Crippen molar-refractivity contribution in [2.75, 3.05) is 0 Å². The van der Waals surface area contributed by atoms with Crippen LogP contribution in [0.2, 0.25) is 0 Å². The zero-order chi connectivity index (χ0) is 13.2. The zero-order valence-corrected chi connectivity index (χ0v) is 9.46. The van der Waals surface area contributed by atoms with Crippen LogP contribution in [0.4, 0.5) is 8.78 Å². The third kappa shape index (κ3) is 3.12. The van der Waals surface area contributed by atoms with Crippen molar-refractivity contribution in [1.29, 1.82) is 5.26 Å². The molecular formula is C9H8F2N2O3S. The molecule has 5 nitrogen and oxygen atoms in total. The molecule has 0 saturated heterocycles. The van der Waals surface area contributed by atoms with Gasteiger partial charge in [-0.3, -0.25) is 0 Å². The summed E-state index contributed by atoms with van der Waals surface area (Å²) in [6.07, 6.45) is 0. The van der Waals surface area contributed by atoms with Gasteiger partial charge in [0.25, 0.3) is 0 Å². The number of nitrogens with two attached hydrogens (primary N) is 1. The molecule has 0 radical (unpaired) electrons. The van der Waals surface area contributed by atoms with Crippen LogP contribution in [0.15, 0.2) is 17.0 Å². The van der Waals surface area contributed by atoms with E-state index < -0.39 is 21.5 Å². The van der Waals surface area contributed by atoms with E-state index in [9.17, 15) is 17.2 Å². The van der Waals surface area contributed by atoms with Gasteiger partial charge in [-0.15, -0.1) is 0 Å². The molecule has 92 valence electrons. The van der Waals surface area contributed by atoms with Crippen molar-refractivity contribution in [2.45, 2.75) is 18.4 Å². The average Bonchev–Trinajstić information content (AvgIpc) is 2.18. The Bertz CT molecular complexity index is 579. The summed E-state index contributed by atoms with van der Waals surface area (Å²) < 4.78 is 50.4. The maximum absolute atomic E-state index is 12.1. The number of nitriles is 1. The van der Waals surface area contributed by atoms with Crippen molar-refractivity contribution in [3.63, 3.8) is 0 Å². The minimum absolute atomic E-state index is 0.0906. The average molecular weight is 262 g/mol. The number of rotatable bonds is 3. The minimum Gasteiger partial charge on any atom is -0.434 e. The Morgan fingerprint density at radius 1 is 1.47 bits per heavy atom. The van der Waals surface area contributed by atoms with Crippen molar-refractivity contribution in [1.82, 2.24) is 0 Å². The summed E-state index contributed by atoms with van der Waals surface area (Å²) in [5.74, 6) is -0.386. The number of primary sulfonamides is 1. The fourth-order valence-electron chi connectivity index (χ4n) is 1.16. The molecule has 0 bridgehead atoms. The molecular weight excluding hydrogens is 254 g/mol. The molecule has 0 spiro atoms. The third-order valence-corrected chi connectivity index (χ3v) is 2.89. The lowest BCUT2D eigenvalue weighted by Crippen LogP contribution is -2.14. The summed E-state index contributed by atoms with van der Waals surface area (Å²) in [7, 11) is -4.09. The highest BCUT2D eigenvalue weighted by Crippen LogP contribution is 2.26. The fourth-order valence-corrected chi connectivity index (χ4v) is 1.71. The predicted molar refractivity (Wildman–Crippen MR) is 53.9 cm³/mol. The van der Waals surface area contributed by atoms with Crippen LogP contribution in [0.1, 0.15) is 11.1 Å².